The van der Waals surface area contributed by atoms with Crippen molar-refractivity contribution >= 4 is 29.6 Å². The van der Waals surface area contributed by atoms with E-state index < -0.39 is 11.8 Å². The highest BCUT2D eigenvalue weighted by molar-refractivity contribution is 6.35. The van der Waals surface area contributed by atoms with Crippen molar-refractivity contribution in [1.82, 2.24) is 10.7 Å². The third-order valence-corrected chi connectivity index (χ3v) is 5.05. The number of ether oxygens (including phenoxy) is 2. The summed E-state index contributed by atoms with van der Waals surface area (Å²) in [6, 6.07) is 22.3. The van der Waals surface area contributed by atoms with E-state index >= 15 is 0 Å². The number of amides is 2. The minimum Gasteiger partial charge on any atom is -0.493 e. The zero-order valence-corrected chi connectivity index (χ0v) is 18.8. The summed E-state index contributed by atoms with van der Waals surface area (Å²) in [4.78, 5) is 24.0. The fraction of sp³-hybridized carbons (Fsp3) is 0.160. The summed E-state index contributed by atoms with van der Waals surface area (Å²) in [7, 11) is 1.53. The van der Waals surface area contributed by atoms with Gasteiger partial charge in [-0.2, -0.15) is 5.10 Å². The Morgan fingerprint density at radius 2 is 1.73 bits per heavy atom. The van der Waals surface area contributed by atoms with Crippen LogP contribution in [0.25, 0.3) is 0 Å². The van der Waals surface area contributed by atoms with E-state index in [-0.39, 0.29) is 6.61 Å². The van der Waals surface area contributed by atoms with E-state index in [2.05, 4.69) is 15.8 Å². The van der Waals surface area contributed by atoms with Crippen LogP contribution in [0, 0.1) is 0 Å². The zero-order valence-electron chi connectivity index (χ0n) is 18.1. The van der Waals surface area contributed by atoms with Crippen molar-refractivity contribution in [3.8, 4) is 11.5 Å². The van der Waals surface area contributed by atoms with Crippen LogP contribution in [0.15, 0.2) is 77.9 Å². The van der Waals surface area contributed by atoms with Gasteiger partial charge in [0.1, 0.15) is 6.61 Å². The summed E-state index contributed by atoms with van der Waals surface area (Å²) >= 11 is 6.20. The third-order valence-electron chi connectivity index (χ3n) is 4.68. The minimum absolute atomic E-state index is 0.219. The molecule has 0 saturated carbocycles. The number of para-hydroxylation sites is 1. The molecule has 0 aliphatic rings. The van der Waals surface area contributed by atoms with Crippen LogP contribution in [0.4, 0.5) is 0 Å². The Labute approximate surface area is 197 Å². The Kier molecular flexibility index (Phi) is 8.85. The second-order valence-corrected chi connectivity index (χ2v) is 7.36. The number of nitrogens with zero attached hydrogens (tertiary/aromatic N) is 1. The van der Waals surface area contributed by atoms with Gasteiger partial charge in [0, 0.05) is 22.7 Å². The number of methoxy groups -OCH3 is 1. The number of carbonyl (C=O) groups excluding carboxylic acids is 2. The lowest BCUT2D eigenvalue weighted by molar-refractivity contribution is -0.139. The summed E-state index contributed by atoms with van der Waals surface area (Å²) in [6.07, 6.45) is 2.01. The van der Waals surface area contributed by atoms with Crippen LogP contribution in [-0.2, 0) is 22.6 Å². The first-order valence-electron chi connectivity index (χ1n) is 10.3. The summed E-state index contributed by atoms with van der Waals surface area (Å²) in [6.45, 7) is 0.562. The molecular formula is C25H24ClN3O4. The van der Waals surface area contributed by atoms with E-state index in [0.29, 0.717) is 35.1 Å². The van der Waals surface area contributed by atoms with E-state index in [1.165, 1.54) is 13.3 Å². The molecule has 0 atom stereocenters. The number of nitrogens with one attached hydrogen (secondary N) is 2. The molecule has 3 aromatic carbocycles. The molecule has 0 aromatic heterocycles. The SMILES string of the molecule is COc1cccc(/C=N\NC(=O)C(=O)NCCc2ccccc2)c1OCc1ccccc1Cl. The molecule has 2 amide bonds. The molecule has 2 N–H and O–H groups in total. The van der Waals surface area contributed by atoms with Crippen molar-refractivity contribution in [2.75, 3.05) is 13.7 Å². The van der Waals surface area contributed by atoms with E-state index in [1.54, 1.807) is 24.3 Å². The smallest absolute Gasteiger partial charge is 0.329 e. The molecule has 8 heteroatoms. The highest BCUT2D eigenvalue weighted by Gasteiger charge is 2.13. The molecule has 33 heavy (non-hydrogen) atoms. The molecule has 0 aliphatic carbocycles. The van der Waals surface area contributed by atoms with Gasteiger partial charge in [0.15, 0.2) is 11.5 Å². The Hall–Kier alpha value is -3.84. The molecule has 0 heterocycles. The Bertz CT molecular complexity index is 1120. The van der Waals surface area contributed by atoms with Gasteiger partial charge in [-0.15, -0.1) is 0 Å². The van der Waals surface area contributed by atoms with E-state index in [0.717, 1.165) is 11.1 Å². The number of benzene rings is 3. The zero-order chi connectivity index (χ0) is 23.5. The van der Waals surface area contributed by atoms with Gasteiger partial charge in [-0.25, -0.2) is 5.43 Å². The van der Waals surface area contributed by atoms with Gasteiger partial charge in [0.2, 0.25) is 0 Å². The summed E-state index contributed by atoms with van der Waals surface area (Å²) in [5.41, 5.74) is 4.67. The van der Waals surface area contributed by atoms with E-state index in [1.807, 2.05) is 48.5 Å². The van der Waals surface area contributed by atoms with Crippen molar-refractivity contribution in [3.05, 3.63) is 94.5 Å². The topological polar surface area (TPSA) is 89.0 Å². The van der Waals surface area contributed by atoms with Crippen LogP contribution in [0.3, 0.4) is 0 Å². The van der Waals surface area contributed by atoms with Gasteiger partial charge in [0.05, 0.1) is 13.3 Å². The van der Waals surface area contributed by atoms with Gasteiger partial charge in [0.25, 0.3) is 0 Å². The average molecular weight is 466 g/mol. The molecule has 7 nitrogen and oxygen atoms in total. The van der Waals surface area contributed by atoms with Crippen LogP contribution in [-0.4, -0.2) is 31.7 Å². The first-order chi connectivity index (χ1) is 16.1. The second kappa shape index (κ2) is 12.3. The maximum Gasteiger partial charge on any atom is 0.329 e. The highest BCUT2D eigenvalue weighted by atomic mass is 35.5. The van der Waals surface area contributed by atoms with Crippen molar-refractivity contribution in [3.63, 3.8) is 0 Å². The molecule has 170 valence electrons. The van der Waals surface area contributed by atoms with Gasteiger partial charge >= 0.3 is 11.8 Å². The number of carbonyl (C=O) groups is 2. The number of hydrazone groups is 1. The largest absolute Gasteiger partial charge is 0.493 e. The molecule has 0 radical (unpaired) electrons. The maximum absolute atomic E-state index is 12.0. The standard InChI is InChI=1S/C25H24ClN3O4/c1-32-22-13-7-11-19(23(22)33-17-20-10-5-6-12-21(20)26)16-28-29-25(31)24(30)27-15-14-18-8-3-2-4-9-18/h2-13,16H,14-15,17H2,1H3,(H,27,30)(H,29,31)/b28-16-. The van der Waals surface area contributed by atoms with Crippen LogP contribution in [0.2, 0.25) is 5.02 Å². The van der Waals surface area contributed by atoms with Gasteiger partial charge in [-0.1, -0.05) is 66.2 Å². The number of halogens is 1. The molecule has 0 unspecified atom stereocenters. The highest BCUT2D eigenvalue weighted by Crippen LogP contribution is 2.31. The monoisotopic (exact) mass is 465 g/mol. The van der Waals surface area contributed by atoms with E-state index in [4.69, 9.17) is 21.1 Å². The van der Waals surface area contributed by atoms with Crippen LogP contribution in [0.1, 0.15) is 16.7 Å². The van der Waals surface area contributed by atoms with Crippen molar-refractivity contribution < 1.29 is 19.1 Å². The van der Waals surface area contributed by atoms with Crippen molar-refractivity contribution in [1.29, 1.82) is 0 Å². The fourth-order valence-electron chi connectivity index (χ4n) is 2.97. The maximum atomic E-state index is 12.0. The van der Waals surface area contributed by atoms with Crippen molar-refractivity contribution in [2.24, 2.45) is 5.10 Å². The summed E-state index contributed by atoms with van der Waals surface area (Å²) < 4.78 is 11.3. The number of hydrogen-bond acceptors (Lipinski definition) is 5. The third kappa shape index (κ3) is 7.08. The lowest BCUT2D eigenvalue weighted by Crippen LogP contribution is -2.38. The number of hydrogen-bond donors (Lipinski definition) is 2. The van der Waals surface area contributed by atoms with Crippen molar-refractivity contribution in [2.45, 2.75) is 13.0 Å². The predicted octanol–water partition coefficient (Wildman–Crippen LogP) is 3.74. The van der Waals surface area contributed by atoms with Gasteiger partial charge in [-0.3, -0.25) is 9.59 Å². The Balaban J connectivity index is 1.57. The Morgan fingerprint density at radius 1 is 0.970 bits per heavy atom. The molecule has 0 saturated heterocycles. The quantitative estimate of drug-likeness (QED) is 0.286. The lowest BCUT2D eigenvalue weighted by Gasteiger charge is -2.13. The van der Waals surface area contributed by atoms with Crippen LogP contribution in [0.5, 0.6) is 11.5 Å². The van der Waals surface area contributed by atoms with Gasteiger partial charge < -0.3 is 14.8 Å². The van der Waals surface area contributed by atoms with E-state index in [9.17, 15) is 9.59 Å². The minimum atomic E-state index is -0.860. The molecular weight excluding hydrogens is 442 g/mol. The van der Waals surface area contributed by atoms with Crippen LogP contribution < -0.4 is 20.2 Å². The fourth-order valence-corrected chi connectivity index (χ4v) is 3.16. The summed E-state index contributed by atoms with van der Waals surface area (Å²) in [5, 5.41) is 7.05. The normalized spacial score (nSPS) is 10.6. The average Bonchev–Trinajstić information content (AvgIpc) is 2.84. The van der Waals surface area contributed by atoms with Crippen LogP contribution >= 0.6 is 11.6 Å². The molecule has 0 aliphatic heterocycles. The lowest BCUT2D eigenvalue weighted by atomic mass is 10.1. The second-order valence-electron chi connectivity index (χ2n) is 6.95. The molecule has 3 aromatic rings. The number of rotatable bonds is 9. The van der Waals surface area contributed by atoms with Gasteiger partial charge in [-0.05, 0) is 30.2 Å². The molecule has 0 spiro atoms. The first kappa shape index (κ1) is 23.8. The first-order valence-corrected chi connectivity index (χ1v) is 10.6. The molecule has 0 fully saturated rings. The molecule has 3 rings (SSSR count). The molecule has 0 bridgehead atoms. The summed E-state index contributed by atoms with van der Waals surface area (Å²) in [5.74, 6) is -0.689. The Morgan fingerprint density at radius 3 is 2.48 bits per heavy atom. The predicted molar refractivity (Wildman–Crippen MR) is 128 cm³/mol.